The molecule has 0 atom stereocenters. The van der Waals surface area contributed by atoms with Gasteiger partial charge in [0.25, 0.3) is 0 Å². The van der Waals surface area contributed by atoms with Crippen LogP contribution in [0.1, 0.15) is 5.56 Å². The van der Waals surface area contributed by atoms with E-state index in [-0.39, 0.29) is 0 Å². The summed E-state index contributed by atoms with van der Waals surface area (Å²) >= 11 is 0. The van der Waals surface area contributed by atoms with E-state index in [1.807, 2.05) is 11.9 Å². The van der Waals surface area contributed by atoms with Crippen LogP contribution in [0.25, 0.3) is 11.3 Å². The molecule has 0 unspecified atom stereocenters. The first-order valence-electron chi connectivity index (χ1n) is 8.54. The maximum atomic E-state index is 15.4. The van der Waals surface area contributed by atoms with E-state index in [1.54, 1.807) is 29.2 Å². The maximum absolute atomic E-state index is 15.4. The third-order valence-corrected chi connectivity index (χ3v) is 4.65. The summed E-state index contributed by atoms with van der Waals surface area (Å²) in [5, 5.41) is 7.79. The molecule has 1 aliphatic rings. The van der Waals surface area contributed by atoms with Crippen LogP contribution in [0, 0.1) is 17.5 Å². The molecule has 0 N–H and O–H groups in total. The molecule has 4 rings (SSSR count). The van der Waals surface area contributed by atoms with Gasteiger partial charge in [0.1, 0.15) is 17.5 Å². The number of nitrogens with zero attached hydrogens (tertiary/aromatic N) is 4. The van der Waals surface area contributed by atoms with E-state index < -0.39 is 17.5 Å². The van der Waals surface area contributed by atoms with Crippen LogP contribution < -0.4 is 4.90 Å². The van der Waals surface area contributed by atoms with Crippen LogP contribution in [0.5, 0.6) is 0 Å². The SMILES string of the molecule is CN1CCN(c2cc(F)cc(F)c2)c2ccc(-c3cccnn3)c(F)c2C1. The molecule has 0 amide bonds. The summed E-state index contributed by atoms with van der Waals surface area (Å²) in [7, 11) is 1.88. The summed E-state index contributed by atoms with van der Waals surface area (Å²) in [5.41, 5.74) is 2.20. The van der Waals surface area contributed by atoms with Crippen molar-refractivity contribution in [2.45, 2.75) is 6.54 Å². The summed E-state index contributed by atoms with van der Waals surface area (Å²) in [5.74, 6) is -1.73. The topological polar surface area (TPSA) is 32.3 Å². The molecule has 0 radical (unpaired) electrons. The third kappa shape index (κ3) is 3.38. The molecular weight excluding hydrogens is 353 g/mol. The fourth-order valence-corrected chi connectivity index (χ4v) is 3.36. The number of aromatic nitrogens is 2. The average molecular weight is 370 g/mol. The van der Waals surface area contributed by atoms with Crippen LogP contribution in [0.2, 0.25) is 0 Å². The van der Waals surface area contributed by atoms with Crippen LogP contribution >= 0.6 is 0 Å². The zero-order valence-electron chi connectivity index (χ0n) is 14.7. The Morgan fingerprint density at radius 3 is 2.44 bits per heavy atom. The number of rotatable bonds is 2. The van der Waals surface area contributed by atoms with Crippen molar-refractivity contribution in [2.24, 2.45) is 0 Å². The first-order valence-corrected chi connectivity index (χ1v) is 8.54. The van der Waals surface area contributed by atoms with Gasteiger partial charge in [0.05, 0.1) is 5.69 Å². The van der Waals surface area contributed by atoms with E-state index in [0.717, 1.165) is 6.07 Å². The summed E-state index contributed by atoms with van der Waals surface area (Å²) in [6.45, 7) is 1.48. The van der Waals surface area contributed by atoms with Crippen molar-refractivity contribution < 1.29 is 13.2 Å². The number of benzene rings is 2. The molecule has 1 aromatic heterocycles. The van der Waals surface area contributed by atoms with Gasteiger partial charge in [0, 0.05) is 54.4 Å². The van der Waals surface area contributed by atoms with Gasteiger partial charge in [-0.2, -0.15) is 10.2 Å². The van der Waals surface area contributed by atoms with Gasteiger partial charge >= 0.3 is 0 Å². The summed E-state index contributed by atoms with van der Waals surface area (Å²) < 4.78 is 42.8. The van der Waals surface area contributed by atoms with Crippen molar-refractivity contribution in [2.75, 3.05) is 25.0 Å². The van der Waals surface area contributed by atoms with Crippen LogP contribution in [0.15, 0.2) is 48.7 Å². The smallest absolute Gasteiger partial charge is 0.139 e. The van der Waals surface area contributed by atoms with E-state index in [0.29, 0.717) is 47.8 Å². The highest BCUT2D eigenvalue weighted by Gasteiger charge is 2.25. The van der Waals surface area contributed by atoms with E-state index in [9.17, 15) is 8.78 Å². The van der Waals surface area contributed by atoms with Crippen molar-refractivity contribution in [3.05, 3.63) is 71.7 Å². The van der Waals surface area contributed by atoms with Gasteiger partial charge in [0.2, 0.25) is 0 Å². The fourth-order valence-electron chi connectivity index (χ4n) is 3.36. The maximum Gasteiger partial charge on any atom is 0.139 e. The van der Waals surface area contributed by atoms with Crippen molar-refractivity contribution in [1.29, 1.82) is 0 Å². The molecule has 0 saturated carbocycles. The second kappa shape index (κ2) is 7.00. The second-order valence-electron chi connectivity index (χ2n) is 6.55. The largest absolute Gasteiger partial charge is 0.340 e. The molecule has 0 saturated heterocycles. The Kier molecular flexibility index (Phi) is 4.53. The molecular formula is C20H17F3N4. The van der Waals surface area contributed by atoms with Gasteiger partial charge in [-0.15, -0.1) is 0 Å². The Morgan fingerprint density at radius 1 is 0.963 bits per heavy atom. The van der Waals surface area contributed by atoms with Crippen LogP contribution in [0.3, 0.4) is 0 Å². The molecule has 0 spiro atoms. The lowest BCUT2D eigenvalue weighted by Crippen LogP contribution is -2.26. The number of hydrogen-bond donors (Lipinski definition) is 0. The lowest BCUT2D eigenvalue weighted by Gasteiger charge is -2.25. The molecule has 7 heteroatoms. The normalized spacial score (nSPS) is 14.7. The van der Waals surface area contributed by atoms with Gasteiger partial charge in [-0.1, -0.05) is 0 Å². The lowest BCUT2D eigenvalue weighted by atomic mass is 10.0. The Bertz CT molecular complexity index is 958. The quantitative estimate of drug-likeness (QED) is 0.679. The minimum atomic E-state index is -0.666. The van der Waals surface area contributed by atoms with E-state index >= 15 is 4.39 Å². The zero-order chi connectivity index (χ0) is 19.0. The van der Waals surface area contributed by atoms with E-state index in [4.69, 9.17) is 0 Å². The summed E-state index contributed by atoms with van der Waals surface area (Å²) in [6.07, 6.45) is 1.53. The first-order chi connectivity index (χ1) is 13.0. The first kappa shape index (κ1) is 17.5. The Balaban J connectivity index is 1.86. The van der Waals surface area contributed by atoms with Crippen molar-refractivity contribution in [1.82, 2.24) is 15.1 Å². The predicted octanol–water partition coefficient (Wildman–Crippen LogP) is 4.14. The summed E-state index contributed by atoms with van der Waals surface area (Å²) in [6, 6.07) is 10.1. The molecule has 0 aliphatic carbocycles. The molecule has 0 fully saturated rings. The minimum absolute atomic E-state index is 0.350. The van der Waals surface area contributed by atoms with Gasteiger partial charge in [-0.25, -0.2) is 13.2 Å². The third-order valence-electron chi connectivity index (χ3n) is 4.65. The number of anilines is 2. The molecule has 4 nitrogen and oxygen atoms in total. The predicted molar refractivity (Wildman–Crippen MR) is 97.1 cm³/mol. The fraction of sp³-hybridized carbons (Fsp3) is 0.200. The van der Waals surface area contributed by atoms with E-state index in [1.165, 1.54) is 18.3 Å². The highest BCUT2D eigenvalue weighted by molar-refractivity contribution is 5.72. The van der Waals surface area contributed by atoms with E-state index in [2.05, 4.69) is 10.2 Å². The zero-order valence-corrected chi connectivity index (χ0v) is 14.7. The van der Waals surface area contributed by atoms with Crippen LogP contribution in [-0.2, 0) is 6.54 Å². The lowest BCUT2D eigenvalue weighted by molar-refractivity contribution is 0.338. The molecule has 27 heavy (non-hydrogen) atoms. The van der Waals surface area contributed by atoms with Crippen molar-refractivity contribution in [3.8, 4) is 11.3 Å². The Labute approximate surface area is 154 Å². The Morgan fingerprint density at radius 2 is 1.74 bits per heavy atom. The number of fused-ring (bicyclic) bond motifs is 1. The van der Waals surface area contributed by atoms with Gasteiger partial charge in [-0.3, -0.25) is 0 Å². The van der Waals surface area contributed by atoms with Gasteiger partial charge in [0.15, 0.2) is 0 Å². The number of hydrogen-bond acceptors (Lipinski definition) is 4. The molecule has 2 aromatic carbocycles. The molecule has 138 valence electrons. The van der Waals surface area contributed by atoms with Gasteiger partial charge in [-0.05, 0) is 43.4 Å². The van der Waals surface area contributed by atoms with Crippen LogP contribution in [-0.4, -0.2) is 35.2 Å². The molecule has 1 aliphatic heterocycles. The number of likely N-dealkylation sites (N-methyl/N-ethyl adjacent to an activating group) is 1. The average Bonchev–Trinajstić information content (AvgIpc) is 2.81. The highest BCUT2D eigenvalue weighted by atomic mass is 19.1. The minimum Gasteiger partial charge on any atom is -0.340 e. The monoisotopic (exact) mass is 370 g/mol. The Hall–Kier alpha value is -2.93. The summed E-state index contributed by atoms with van der Waals surface area (Å²) in [4.78, 5) is 3.71. The second-order valence-corrected chi connectivity index (χ2v) is 6.55. The molecule has 0 bridgehead atoms. The van der Waals surface area contributed by atoms with Crippen molar-refractivity contribution >= 4 is 11.4 Å². The van der Waals surface area contributed by atoms with Gasteiger partial charge < -0.3 is 9.80 Å². The van der Waals surface area contributed by atoms with Crippen molar-refractivity contribution in [3.63, 3.8) is 0 Å². The van der Waals surface area contributed by atoms with Crippen LogP contribution in [0.4, 0.5) is 24.5 Å². The molecule has 2 heterocycles. The molecule has 3 aromatic rings. The standard InChI is InChI=1S/C20H17F3N4/c1-26-7-8-27(15-10-13(21)9-14(22)11-15)19-5-4-16(20(23)17(19)12-26)18-3-2-6-24-25-18/h2-6,9-11H,7-8,12H2,1H3. The highest BCUT2D eigenvalue weighted by Crippen LogP contribution is 2.36. The number of halogens is 3.